The number of unbranched alkanes of at least 4 members (excludes halogenated alkanes) is 24. The maximum atomic E-state index is 11.4. The van der Waals surface area contributed by atoms with Gasteiger partial charge in [-0.3, -0.25) is 13.7 Å². The molecule has 0 aromatic heterocycles. The summed E-state index contributed by atoms with van der Waals surface area (Å²) in [6.07, 6.45) is 35.7. The van der Waals surface area contributed by atoms with Gasteiger partial charge in [0.1, 0.15) is 0 Å². The molecule has 13 heteroatoms. The molecule has 0 aromatic rings. The Labute approximate surface area is 354 Å². The number of hydrogen-bond donors (Lipinski definition) is 0. The molecule has 0 heterocycles. The van der Waals surface area contributed by atoms with Crippen LogP contribution in [0.25, 0.3) is 0 Å². The van der Waals surface area contributed by atoms with Crippen molar-refractivity contribution in [3.05, 3.63) is 0 Å². The van der Waals surface area contributed by atoms with Gasteiger partial charge in [-0.1, -0.05) is 196 Å². The Bertz CT molecular complexity index is 606. The summed E-state index contributed by atoms with van der Waals surface area (Å²) in [4.78, 5) is 0. The quantitative estimate of drug-likeness (QED) is 0.0437. The molecule has 0 atom stereocenters. The Kier molecular flexibility index (Phi) is 67.5. The molecule has 0 N–H and O–H groups in total. The largest absolute Gasteiger partial charge is 0.319 e. The number of rotatable bonds is 42. The summed E-state index contributed by atoms with van der Waals surface area (Å²) < 4.78 is 65.1. The fraction of sp³-hybridized carbons (Fsp3) is 1.00. The molecule has 0 aliphatic rings. The van der Waals surface area contributed by atoms with Gasteiger partial charge in [0.05, 0.1) is 39.6 Å². The van der Waals surface area contributed by atoms with Gasteiger partial charge in [-0.15, -0.1) is 0 Å². The maximum absolute atomic E-state index is 11.4. The zero-order valence-electron chi connectivity index (χ0n) is 37.0. The van der Waals surface area contributed by atoms with E-state index in [1.807, 2.05) is 0 Å². The Morgan fingerprint density at radius 3 is 0.491 bits per heavy atom. The maximum Gasteiger partial charge on any atom is 0.319 e. The molecule has 0 rings (SSSR count). The summed E-state index contributed by atoms with van der Waals surface area (Å²) in [5.74, 6) is 0. The zero-order chi connectivity index (χ0) is 40.4. The van der Waals surface area contributed by atoms with Gasteiger partial charge in [0.15, 0.2) is 0 Å². The van der Waals surface area contributed by atoms with E-state index in [2.05, 4.69) is 41.5 Å². The average Bonchev–Trinajstić information content (AvgIpc) is 3.17. The molecule has 0 saturated carbocycles. The summed E-state index contributed by atoms with van der Waals surface area (Å²) in [5.41, 5.74) is 0. The molecule has 0 aliphatic heterocycles. The van der Waals surface area contributed by atoms with Crippen LogP contribution in [0.4, 0.5) is 0 Å². The van der Waals surface area contributed by atoms with Gasteiger partial charge in [0, 0.05) is 16.8 Å². The van der Waals surface area contributed by atoms with Gasteiger partial charge >= 0.3 is 24.8 Å². The Hall–Kier alpha value is 0.956. The average molecular weight is 894 g/mol. The Morgan fingerprint density at radius 2 is 0.364 bits per heavy atom. The van der Waals surface area contributed by atoms with E-state index in [0.717, 1.165) is 38.5 Å². The van der Waals surface area contributed by atoms with Crippen molar-refractivity contribution in [1.82, 2.24) is 0 Å². The third-order valence-corrected chi connectivity index (χ3v) is 11.4. The minimum Gasteiger partial charge on any atom is -0.311 e. The molecule has 0 fully saturated rings. The Morgan fingerprint density at radius 1 is 0.236 bits per heavy atom. The third-order valence-electron chi connectivity index (χ3n) is 8.81. The van der Waals surface area contributed by atoms with Crippen LogP contribution in [0, 0.1) is 0 Å². The topological polar surface area (TPSA) is 107 Å². The summed E-state index contributed by atoms with van der Waals surface area (Å²) >= 11 is 0. The molecule has 339 valence electrons. The van der Waals surface area contributed by atoms with Crippen LogP contribution in [0.1, 0.15) is 234 Å². The number of hydrogen-bond acceptors (Lipinski definition) is 9. The van der Waals surface area contributed by atoms with Gasteiger partial charge < -0.3 is 27.1 Å². The van der Waals surface area contributed by atoms with Crippen molar-refractivity contribution in [2.45, 2.75) is 234 Å². The summed E-state index contributed by atoms with van der Waals surface area (Å²) in [6.45, 7) is 16.7. The van der Waals surface area contributed by atoms with Crippen LogP contribution < -0.4 is 0 Å². The monoisotopic (exact) mass is 894 g/mol. The van der Waals surface area contributed by atoms with Gasteiger partial charge in [-0.05, 0) is 38.5 Å². The molecule has 0 aliphatic carbocycles. The van der Waals surface area contributed by atoms with E-state index in [0.29, 0.717) is 39.6 Å². The van der Waals surface area contributed by atoms with E-state index < -0.39 is 24.8 Å². The molecule has 0 bridgehead atoms. The van der Waals surface area contributed by atoms with E-state index in [1.165, 1.54) is 154 Å². The first-order chi connectivity index (χ1) is 26.4. The van der Waals surface area contributed by atoms with Gasteiger partial charge in [0.25, 0.3) is 0 Å². The molecule has 0 amide bonds. The van der Waals surface area contributed by atoms with E-state index in [-0.39, 0.29) is 16.8 Å². The minimum absolute atomic E-state index is 0. The molecule has 0 saturated heterocycles. The van der Waals surface area contributed by atoms with Crippen LogP contribution in [-0.4, -0.2) is 39.6 Å². The first-order valence-corrected chi connectivity index (χ1v) is 26.5. The second-order valence-corrected chi connectivity index (χ2v) is 17.6. The van der Waals surface area contributed by atoms with Crippen LogP contribution in [0.3, 0.4) is 0 Å². The van der Waals surface area contributed by atoms with Crippen molar-refractivity contribution in [3.63, 3.8) is 0 Å². The summed E-state index contributed by atoms with van der Waals surface area (Å²) in [7, 11) is -6.67. The predicted octanol–water partition coefficient (Wildman–Crippen LogP) is 16.0. The van der Waals surface area contributed by atoms with E-state index >= 15 is 0 Å². The minimum atomic E-state index is -2.22. The molecule has 1 radical (unpaired) electrons. The van der Waals surface area contributed by atoms with Crippen LogP contribution in [-0.2, 0) is 57.6 Å². The standard InChI is InChI=1S/3C14H31O3P.Co/c3*1-3-5-7-9-11-13-16-18(15)17-14-12-10-8-6-4-2;/h3*18H,3-14H2,1-2H3;. The Balaban J connectivity index is -0.000000351. The van der Waals surface area contributed by atoms with Gasteiger partial charge in [-0.25, -0.2) is 0 Å². The van der Waals surface area contributed by atoms with Crippen molar-refractivity contribution in [2.24, 2.45) is 0 Å². The fourth-order valence-electron chi connectivity index (χ4n) is 5.29. The van der Waals surface area contributed by atoms with Crippen molar-refractivity contribution >= 4 is 24.8 Å². The van der Waals surface area contributed by atoms with E-state index in [9.17, 15) is 13.7 Å². The van der Waals surface area contributed by atoms with Crippen molar-refractivity contribution in [3.8, 4) is 0 Å². The van der Waals surface area contributed by atoms with Crippen molar-refractivity contribution < 1.29 is 57.6 Å². The second-order valence-electron chi connectivity index (χ2n) is 14.3. The fourth-order valence-corrected chi connectivity index (χ4v) is 7.41. The van der Waals surface area contributed by atoms with Crippen LogP contribution in [0.5, 0.6) is 0 Å². The predicted molar refractivity (Wildman–Crippen MR) is 235 cm³/mol. The van der Waals surface area contributed by atoms with Gasteiger partial charge in [-0.2, -0.15) is 0 Å². The first kappa shape index (κ1) is 62.6. The van der Waals surface area contributed by atoms with Crippen LogP contribution in [0.2, 0.25) is 0 Å². The summed E-state index contributed by atoms with van der Waals surface area (Å²) in [5, 5.41) is 0. The third kappa shape index (κ3) is 64.3. The SMILES string of the molecule is CCCCCCCO[PH](=O)OCCCCCCC.CCCCCCCO[PH](=O)OCCCCCCC.CCCCCCCO[PH](=O)OCCCCCCC.[Co]. The van der Waals surface area contributed by atoms with E-state index in [4.69, 9.17) is 27.1 Å². The van der Waals surface area contributed by atoms with Crippen LogP contribution >= 0.6 is 24.8 Å². The molecule has 9 nitrogen and oxygen atoms in total. The molecule has 0 aromatic carbocycles. The van der Waals surface area contributed by atoms with Crippen molar-refractivity contribution in [1.29, 1.82) is 0 Å². The summed E-state index contributed by atoms with van der Waals surface area (Å²) in [6, 6.07) is 0. The molecule has 0 spiro atoms. The zero-order valence-corrected chi connectivity index (χ0v) is 41.0. The van der Waals surface area contributed by atoms with Crippen molar-refractivity contribution in [2.75, 3.05) is 39.6 Å². The molecular weight excluding hydrogens is 800 g/mol. The normalized spacial score (nSPS) is 11.1. The molecular formula is C42H93CoO9P3. The van der Waals surface area contributed by atoms with Crippen LogP contribution in [0.15, 0.2) is 0 Å². The first-order valence-electron chi connectivity index (χ1n) is 22.8. The second kappa shape index (κ2) is 59.3. The molecule has 0 unspecified atom stereocenters. The van der Waals surface area contributed by atoms with E-state index in [1.54, 1.807) is 0 Å². The van der Waals surface area contributed by atoms with Gasteiger partial charge in [0.2, 0.25) is 0 Å². The molecule has 55 heavy (non-hydrogen) atoms. The smallest absolute Gasteiger partial charge is 0.311 e.